The average Bonchev–Trinajstić information content (AvgIpc) is 3.55. The van der Waals surface area contributed by atoms with Crippen LogP contribution in [0.4, 0.5) is 5.69 Å². The average molecular weight is 482 g/mol. The van der Waals surface area contributed by atoms with E-state index in [0.717, 1.165) is 28.1 Å². The van der Waals surface area contributed by atoms with Crippen LogP contribution in [0.25, 0.3) is 11.4 Å². The van der Waals surface area contributed by atoms with E-state index >= 15 is 0 Å². The Kier molecular flexibility index (Phi) is 6.72. The molecule has 8 heteroatoms. The highest BCUT2D eigenvalue weighted by molar-refractivity contribution is 8.00. The number of hydrogen-bond acceptors (Lipinski definition) is 6. The third-order valence-corrected chi connectivity index (χ3v) is 6.65. The molecular weight excluding hydrogens is 458 g/mol. The van der Waals surface area contributed by atoms with Gasteiger partial charge in [-0.05, 0) is 48.9 Å². The third-order valence-electron chi connectivity index (χ3n) is 5.41. The molecule has 7 nitrogen and oxygen atoms in total. The number of aromatic nitrogens is 4. The Morgan fingerprint density at radius 1 is 1.00 bits per heavy atom. The molecule has 1 N–H and O–H groups in total. The largest absolute Gasteiger partial charge is 0.467 e. The van der Waals surface area contributed by atoms with Crippen molar-refractivity contribution in [1.82, 2.24) is 19.7 Å². The molecule has 3 aromatic heterocycles. The summed E-state index contributed by atoms with van der Waals surface area (Å²) >= 11 is 1.35. The van der Waals surface area contributed by atoms with Gasteiger partial charge < -0.3 is 9.73 Å². The summed E-state index contributed by atoms with van der Waals surface area (Å²) in [6, 6.07) is 25.0. The molecule has 0 aliphatic rings. The minimum atomic E-state index is -0.543. The number of nitrogens with zero attached hydrogens (tertiary/aromatic N) is 4. The van der Waals surface area contributed by atoms with Crippen LogP contribution in [0.15, 0.2) is 107 Å². The second-order valence-corrected chi connectivity index (χ2v) is 9.05. The molecule has 0 saturated heterocycles. The first kappa shape index (κ1) is 22.6. The third kappa shape index (κ3) is 5.33. The van der Waals surface area contributed by atoms with E-state index in [-0.39, 0.29) is 5.91 Å². The number of hydrogen-bond donors (Lipinski definition) is 1. The normalized spacial score (nSPS) is 11.8. The molecule has 3 heterocycles. The summed E-state index contributed by atoms with van der Waals surface area (Å²) in [7, 11) is 0. The first-order chi connectivity index (χ1) is 17.2. The van der Waals surface area contributed by atoms with Crippen LogP contribution in [0, 0.1) is 6.92 Å². The van der Waals surface area contributed by atoms with Crippen LogP contribution in [0.1, 0.15) is 22.1 Å². The lowest BCUT2D eigenvalue weighted by molar-refractivity contribution is -0.115. The van der Waals surface area contributed by atoms with Crippen molar-refractivity contribution in [2.75, 3.05) is 5.32 Å². The predicted molar refractivity (Wildman–Crippen MR) is 136 cm³/mol. The van der Waals surface area contributed by atoms with Gasteiger partial charge in [0.15, 0.2) is 11.0 Å². The summed E-state index contributed by atoms with van der Waals surface area (Å²) in [5.74, 6) is 1.28. The van der Waals surface area contributed by atoms with E-state index in [9.17, 15) is 4.79 Å². The zero-order valence-electron chi connectivity index (χ0n) is 19.0. The van der Waals surface area contributed by atoms with Crippen LogP contribution in [0.2, 0.25) is 0 Å². The molecule has 0 spiro atoms. The van der Waals surface area contributed by atoms with E-state index in [1.807, 2.05) is 90.4 Å². The summed E-state index contributed by atoms with van der Waals surface area (Å²) in [5.41, 5.74) is 3.58. The molecule has 1 atom stereocenters. The van der Waals surface area contributed by atoms with Crippen molar-refractivity contribution in [3.05, 3.63) is 114 Å². The molecule has 0 radical (unpaired) electrons. The van der Waals surface area contributed by atoms with Crippen LogP contribution in [0.3, 0.4) is 0 Å². The van der Waals surface area contributed by atoms with Crippen molar-refractivity contribution in [2.45, 2.75) is 23.9 Å². The highest BCUT2D eigenvalue weighted by Crippen LogP contribution is 2.37. The van der Waals surface area contributed by atoms with E-state index in [2.05, 4.69) is 20.5 Å². The van der Waals surface area contributed by atoms with Gasteiger partial charge >= 0.3 is 0 Å². The number of rotatable bonds is 8. The molecule has 0 aliphatic heterocycles. The van der Waals surface area contributed by atoms with Crippen LogP contribution in [-0.2, 0) is 11.3 Å². The highest BCUT2D eigenvalue weighted by atomic mass is 32.2. The summed E-state index contributed by atoms with van der Waals surface area (Å²) < 4.78 is 7.55. The van der Waals surface area contributed by atoms with Crippen LogP contribution >= 0.6 is 11.8 Å². The second-order valence-electron chi connectivity index (χ2n) is 7.98. The summed E-state index contributed by atoms with van der Waals surface area (Å²) in [6.45, 7) is 2.44. The lowest BCUT2D eigenvalue weighted by atomic mass is 10.1. The van der Waals surface area contributed by atoms with Gasteiger partial charge in [-0.15, -0.1) is 10.2 Å². The van der Waals surface area contributed by atoms with Crippen LogP contribution in [-0.4, -0.2) is 25.7 Å². The zero-order valence-corrected chi connectivity index (χ0v) is 19.9. The molecule has 35 heavy (non-hydrogen) atoms. The number of thioether (sulfide) groups is 1. The van der Waals surface area contributed by atoms with Crippen molar-refractivity contribution in [3.8, 4) is 11.4 Å². The maximum absolute atomic E-state index is 13.5. The first-order valence-electron chi connectivity index (χ1n) is 11.1. The lowest BCUT2D eigenvalue weighted by Gasteiger charge is -2.17. The maximum atomic E-state index is 13.5. The Bertz CT molecular complexity index is 1390. The van der Waals surface area contributed by atoms with Gasteiger partial charge in [0.05, 0.1) is 12.8 Å². The van der Waals surface area contributed by atoms with E-state index in [1.165, 1.54) is 11.8 Å². The van der Waals surface area contributed by atoms with Crippen LogP contribution in [0.5, 0.6) is 0 Å². The number of benzene rings is 2. The SMILES string of the molecule is Cc1ccc(NC(=O)C(Sc2nnc(-c3cccnc3)n2Cc2ccco2)c2ccccc2)cc1. The van der Waals surface area contributed by atoms with Crippen molar-refractivity contribution < 1.29 is 9.21 Å². The van der Waals surface area contributed by atoms with Crippen LogP contribution < -0.4 is 5.32 Å². The predicted octanol–water partition coefficient (Wildman–Crippen LogP) is 5.76. The summed E-state index contributed by atoms with van der Waals surface area (Å²) in [6.07, 6.45) is 5.10. The van der Waals surface area contributed by atoms with Gasteiger partial charge in [-0.2, -0.15) is 0 Å². The van der Waals surface area contributed by atoms with Gasteiger partial charge in [0.25, 0.3) is 0 Å². The number of amides is 1. The summed E-state index contributed by atoms with van der Waals surface area (Å²) in [5, 5.41) is 12.0. The van der Waals surface area contributed by atoms with Gasteiger partial charge in [-0.3, -0.25) is 14.3 Å². The Morgan fingerprint density at radius 2 is 1.83 bits per heavy atom. The topological polar surface area (TPSA) is 85.8 Å². The number of nitrogens with one attached hydrogen (secondary N) is 1. The minimum Gasteiger partial charge on any atom is -0.467 e. The molecule has 1 unspecified atom stereocenters. The Hall–Kier alpha value is -4.17. The maximum Gasteiger partial charge on any atom is 0.242 e. The Balaban J connectivity index is 1.50. The van der Waals surface area contributed by atoms with Gasteiger partial charge in [-0.25, -0.2) is 0 Å². The van der Waals surface area contributed by atoms with E-state index in [0.29, 0.717) is 17.5 Å². The molecular formula is C27H23N5O2S. The molecule has 0 bridgehead atoms. The van der Waals surface area contributed by atoms with E-state index in [1.54, 1.807) is 18.7 Å². The highest BCUT2D eigenvalue weighted by Gasteiger charge is 2.26. The summed E-state index contributed by atoms with van der Waals surface area (Å²) in [4.78, 5) is 17.7. The zero-order chi connectivity index (χ0) is 24.0. The standard InChI is InChI=1S/C27H23N5O2S/c1-19-11-13-22(14-12-19)29-26(33)24(20-7-3-2-4-8-20)35-27-31-30-25(21-9-5-15-28-17-21)32(27)18-23-10-6-16-34-23/h2-17,24H,18H2,1H3,(H,29,33). The number of furan rings is 1. The number of pyridine rings is 1. The molecule has 0 fully saturated rings. The number of carbonyl (C=O) groups excluding carboxylic acids is 1. The fourth-order valence-corrected chi connectivity index (χ4v) is 4.67. The minimum absolute atomic E-state index is 0.138. The number of aryl methyl sites for hydroxylation is 1. The van der Waals surface area contributed by atoms with Gasteiger partial charge in [0, 0.05) is 23.6 Å². The molecule has 0 saturated carbocycles. The fraction of sp³-hybridized carbons (Fsp3) is 0.111. The molecule has 5 rings (SSSR count). The van der Waals surface area contributed by atoms with Gasteiger partial charge in [-0.1, -0.05) is 59.8 Å². The fourth-order valence-electron chi connectivity index (χ4n) is 3.64. The number of anilines is 1. The van der Waals surface area contributed by atoms with Crippen molar-refractivity contribution in [2.24, 2.45) is 0 Å². The second kappa shape index (κ2) is 10.4. The molecule has 2 aromatic carbocycles. The Labute approximate surface area is 207 Å². The molecule has 0 aliphatic carbocycles. The lowest BCUT2D eigenvalue weighted by Crippen LogP contribution is -2.19. The van der Waals surface area contributed by atoms with E-state index in [4.69, 9.17) is 4.42 Å². The molecule has 174 valence electrons. The van der Waals surface area contributed by atoms with E-state index < -0.39 is 5.25 Å². The monoisotopic (exact) mass is 481 g/mol. The Morgan fingerprint density at radius 3 is 2.54 bits per heavy atom. The van der Waals surface area contributed by atoms with Gasteiger partial charge in [0.2, 0.25) is 5.91 Å². The molecule has 1 amide bonds. The number of carbonyl (C=O) groups is 1. The quantitative estimate of drug-likeness (QED) is 0.284. The van der Waals surface area contributed by atoms with Gasteiger partial charge in [0.1, 0.15) is 11.0 Å². The van der Waals surface area contributed by atoms with Crippen molar-refractivity contribution >= 4 is 23.4 Å². The van der Waals surface area contributed by atoms with Crippen molar-refractivity contribution in [3.63, 3.8) is 0 Å². The smallest absolute Gasteiger partial charge is 0.242 e. The molecule has 5 aromatic rings. The first-order valence-corrected chi connectivity index (χ1v) is 12.0. The van der Waals surface area contributed by atoms with Crippen molar-refractivity contribution in [1.29, 1.82) is 0 Å².